The normalized spacial score (nSPS) is 15.5. The number of aliphatic carboxylic acids is 1. The van der Waals surface area contributed by atoms with Gasteiger partial charge in [-0.2, -0.15) is 18.3 Å². The molecule has 1 N–H and O–H groups in total. The monoisotopic (exact) mass is 433 g/mol. The maximum Gasteiger partial charge on any atom is 0.490 e. The zero-order valence-electron chi connectivity index (χ0n) is 15.9. The van der Waals surface area contributed by atoms with Crippen LogP contribution in [0.2, 0.25) is 5.02 Å². The quantitative estimate of drug-likeness (QED) is 0.771. The number of nitrogens with zero attached hydrogens (tertiary/aromatic N) is 3. The molecular weight excluding hydrogens is 411 g/mol. The molecule has 3 rings (SSSR count). The molecule has 0 aliphatic carbocycles. The number of alkyl halides is 3. The molecule has 1 aliphatic rings. The summed E-state index contributed by atoms with van der Waals surface area (Å²) in [6.45, 7) is 6.17. The molecule has 160 valence electrons. The van der Waals surface area contributed by atoms with Gasteiger partial charge >= 0.3 is 12.1 Å². The Balaban J connectivity index is 0.000000370. The first-order chi connectivity index (χ1) is 13.6. The fourth-order valence-corrected chi connectivity index (χ4v) is 3.00. The Bertz CT molecular complexity index is 790. The van der Waals surface area contributed by atoms with E-state index >= 15 is 0 Å². The molecule has 10 heteroatoms. The van der Waals surface area contributed by atoms with Crippen molar-refractivity contribution in [3.63, 3.8) is 0 Å². The van der Waals surface area contributed by atoms with Gasteiger partial charge in [-0.3, -0.25) is 4.68 Å². The van der Waals surface area contributed by atoms with Crippen LogP contribution in [0.15, 0.2) is 36.5 Å². The van der Waals surface area contributed by atoms with Crippen LogP contribution in [-0.2, 0) is 11.3 Å². The van der Waals surface area contributed by atoms with Crippen molar-refractivity contribution < 1.29 is 27.8 Å². The molecule has 1 saturated heterocycles. The summed E-state index contributed by atoms with van der Waals surface area (Å²) in [6.07, 6.45) is -0.624. The zero-order valence-corrected chi connectivity index (χ0v) is 16.7. The smallest absolute Gasteiger partial charge is 0.490 e. The van der Waals surface area contributed by atoms with Crippen molar-refractivity contribution in [2.45, 2.75) is 38.6 Å². The first kappa shape index (κ1) is 23.0. The summed E-state index contributed by atoms with van der Waals surface area (Å²) < 4.78 is 39.8. The number of benzene rings is 1. The molecule has 1 aliphatic heterocycles. The fraction of sp³-hybridized carbons (Fsp3) is 0.474. The third-order valence-electron chi connectivity index (χ3n) is 4.30. The number of carbonyl (C=O) groups is 1. The number of rotatable bonds is 5. The lowest BCUT2D eigenvalue weighted by Crippen LogP contribution is -2.39. The minimum absolute atomic E-state index is 0.293. The van der Waals surface area contributed by atoms with Crippen LogP contribution in [0.1, 0.15) is 18.5 Å². The summed E-state index contributed by atoms with van der Waals surface area (Å²) in [6, 6.07) is 9.70. The van der Waals surface area contributed by atoms with Gasteiger partial charge in [-0.05, 0) is 44.0 Å². The number of aryl methyl sites for hydroxylation is 1. The minimum Gasteiger partial charge on any atom is -0.490 e. The van der Waals surface area contributed by atoms with Crippen molar-refractivity contribution >= 4 is 17.6 Å². The highest BCUT2D eigenvalue weighted by atomic mass is 35.5. The van der Waals surface area contributed by atoms with E-state index in [9.17, 15) is 13.2 Å². The van der Waals surface area contributed by atoms with E-state index in [1.807, 2.05) is 48.1 Å². The highest BCUT2D eigenvalue weighted by Gasteiger charge is 2.38. The van der Waals surface area contributed by atoms with Crippen LogP contribution in [0.25, 0.3) is 0 Å². The predicted molar refractivity (Wildman–Crippen MR) is 102 cm³/mol. The molecule has 1 aromatic heterocycles. The molecule has 2 heterocycles. The fourth-order valence-electron chi connectivity index (χ4n) is 2.82. The van der Waals surface area contributed by atoms with Crippen LogP contribution in [0.5, 0.6) is 5.75 Å². The van der Waals surface area contributed by atoms with Gasteiger partial charge in [0, 0.05) is 30.9 Å². The standard InChI is InChI=1S/C17H22ClN3O.C2HF3O2/c1-14-5-10-21(19-14)12-11-20-8-6-16(7-9-20)22-17-4-2-3-15(18)13-17;3-2(4,5)1(6)7/h2-5,10,13,16H,6-9,11-12H2,1H3;(H,6,7). The topological polar surface area (TPSA) is 67.6 Å². The van der Waals surface area contributed by atoms with Gasteiger partial charge in [-0.1, -0.05) is 17.7 Å². The third-order valence-corrected chi connectivity index (χ3v) is 4.53. The molecule has 0 spiro atoms. The Morgan fingerprint density at radius 3 is 2.45 bits per heavy atom. The summed E-state index contributed by atoms with van der Waals surface area (Å²) in [7, 11) is 0. The van der Waals surface area contributed by atoms with Crippen LogP contribution in [0.4, 0.5) is 13.2 Å². The highest BCUT2D eigenvalue weighted by molar-refractivity contribution is 6.30. The number of likely N-dealkylation sites (tertiary alicyclic amines) is 1. The van der Waals surface area contributed by atoms with Crippen LogP contribution < -0.4 is 4.74 Å². The van der Waals surface area contributed by atoms with Crippen LogP contribution in [0.3, 0.4) is 0 Å². The van der Waals surface area contributed by atoms with Crippen LogP contribution >= 0.6 is 11.6 Å². The predicted octanol–water partition coefficient (Wildman–Crippen LogP) is 4.02. The molecule has 0 bridgehead atoms. The Kier molecular flexibility index (Phi) is 8.33. The number of piperidine rings is 1. The second-order valence-electron chi connectivity index (χ2n) is 6.64. The SMILES string of the molecule is Cc1ccn(CCN2CCC(Oc3cccc(Cl)c3)CC2)n1.O=C(O)C(F)(F)F. The van der Waals surface area contributed by atoms with Crippen molar-refractivity contribution in [1.82, 2.24) is 14.7 Å². The van der Waals surface area contributed by atoms with Gasteiger partial charge < -0.3 is 14.7 Å². The van der Waals surface area contributed by atoms with Gasteiger partial charge in [-0.25, -0.2) is 4.79 Å². The Morgan fingerprint density at radius 1 is 1.28 bits per heavy atom. The Hall–Kier alpha value is -2.26. The number of aromatic nitrogens is 2. The van der Waals surface area contributed by atoms with Crippen molar-refractivity contribution in [2.75, 3.05) is 19.6 Å². The summed E-state index contributed by atoms with van der Waals surface area (Å²) >= 11 is 5.99. The van der Waals surface area contributed by atoms with Crippen molar-refractivity contribution in [2.24, 2.45) is 0 Å². The molecule has 1 aromatic carbocycles. The Morgan fingerprint density at radius 2 is 1.93 bits per heavy atom. The van der Waals surface area contributed by atoms with Gasteiger partial charge in [0.05, 0.1) is 12.2 Å². The minimum atomic E-state index is -5.08. The molecule has 0 saturated carbocycles. The van der Waals surface area contributed by atoms with E-state index in [2.05, 4.69) is 10.00 Å². The number of hydrogen-bond acceptors (Lipinski definition) is 4. The largest absolute Gasteiger partial charge is 0.490 e. The average Bonchev–Trinajstić information content (AvgIpc) is 3.06. The van der Waals surface area contributed by atoms with Gasteiger partial charge in [0.25, 0.3) is 0 Å². The van der Waals surface area contributed by atoms with E-state index in [-0.39, 0.29) is 0 Å². The summed E-state index contributed by atoms with van der Waals surface area (Å²) in [5.74, 6) is -1.88. The highest BCUT2D eigenvalue weighted by Crippen LogP contribution is 2.22. The van der Waals surface area contributed by atoms with E-state index in [0.717, 1.165) is 55.5 Å². The maximum atomic E-state index is 10.6. The molecule has 0 amide bonds. The molecule has 6 nitrogen and oxygen atoms in total. The average molecular weight is 434 g/mol. The first-order valence-electron chi connectivity index (χ1n) is 9.08. The molecule has 0 radical (unpaired) electrons. The lowest BCUT2D eigenvalue weighted by Gasteiger charge is -2.32. The molecule has 0 atom stereocenters. The molecule has 0 unspecified atom stereocenters. The third kappa shape index (κ3) is 8.33. The van der Waals surface area contributed by atoms with Crippen molar-refractivity contribution in [3.8, 4) is 5.75 Å². The first-order valence-corrected chi connectivity index (χ1v) is 9.46. The lowest BCUT2D eigenvalue weighted by molar-refractivity contribution is -0.192. The zero-order chi connectivity index (χ0) is 21.4. The van der Waals surface area contributed by atoms with Crippen LogP contribution in [0, 0.1) is 6.92 Å². The molecule has 1 fully saturated rings. The second kappa shape index (κ2) is 10.5. The maximum absolute atomic E-state index is 10.6. The molecule has 29 heavy (non-hydrogen) atoms. The van der Waals surface area contributed by atoms with Gasteiger partial charge in [-0.15, -0.1) is 0 Å². The summed E-state index contributed by atoms with van der Waals surface area (Å²) in [4.78, 5) is 11.4. The molecule has 2 aromatic rings. The van der Waals surface area contributed by atoms with E-state index in [4.69, 9.17) is 26.2 Å². The Labute approximate surface area is 171 Å². The second-order valence-corrected chi connectivity index (χ2v) is 7.08. The van der Waals surface area contributed by atoms with E-state index in [1.54, 1.807) is 0 Å². The van der Waals surface area contributed by atoms with Crippen molar-refractivity contribution in [3.05, 3.63) is 47.2 Å². The summed E-state index contributed by atoms with van der Waals surface area (Å²) in [5.41, 5.74) is 1.08. The lowest BCUT2D eigenvalue weighted by atomic mass is 10.1. The number of ether oxygens (including phenoxy) is 1. The van der Waals surface area contributed by atoms with E-state index in [0.29, 0.717) is 6.10 Å². The summed E-state index contributed by atoms with van der Waals surface area (Å²) in [5, 5.41) is 12.3. The number of carboxylic acids is 1. The van der Waals surface area contributed by atoms with E-state index in [1.165, 1.54) is 0 Å². The molecular formula is C19H23ClF3N3O3. The van der Waals surface area contributed by atoms with Gasteiger partial charge in [0.2, 0.25) is 0 Å². The number of carboxylic acid groups (broad SMARTS) is 1. The van der Waals surface area contributed by atoms with Crippen molar-refractivity contribution in [1.29, 1.82) is 0 Å². The number of halogens is 4. The van der Waals surface area contributed by atoms with Gasteiger partial charge in [0.1, 0.15) is 11.9 Å². The van der Waals surface area contributed by atoms with E-state index < -0.39 is 12.1 Å². The van der Waals surface area contributed by atoms with Crippen LogP contribution in [-0.4, -0.2) is 57.7 Å². The number of hydrogen-bond donors (Lipinski definition) is 1. The van der Waals surface area contributed by atoms with Gasteiger partial charge in [0.15, 0.2) is 0 Å².